The molecule has 2 aliphatic heterocycles. The number of imidazole rings is 2. The molecule has 3 N–H and O–H groups in total. The van der Waals surface area contributed by atoms with Gasteiger partial charge in [-0.25, -0.2) is 24.7 Å². The minimum absolute atomic E-state index is 0.115. The van der Waals surface area contributed by atoms with Crippen LogP contribution in [0.3, 0.4) is 0 Å². The van der Waals surface area contributed by atoms with Gasteiger partial charge in [0, 0.05) is 48.1 Å². The van der Waals surface area contributed by atoms with Crippen molar-refractivity contribution in [2.75, 3.05) is 20.2 Å². The van der Waals surface area contributed by atoms with Crippen LogP contribution in [-0.4, -0.2) is 83.9 Å². The van der Waals surface area contributed by atoms with Gasteiger partial charge in [0.15, 0.2) is 5.82 Å². The summed E-state index contributed by atoms with van der Waals surface area (Å²) in [7, 11) is 1.23. The summed E-state index contributed by atoms with van der Waals surface area (Å²) in [6.07, 6.45) is 2.21. The van der Waals surface area contributed by atoms with Crippen molar-refractivity contribution in [2.45, 2.75) is 70.8 Å². The lowest BCUT2D eigenvalue weighted by Crippen LogP contribution is -2.46. The fraction of sp³-hybridized carbons (Fsp3) is 0.441. The first kappa shape index (κ1) is 34.6. The Kier molecular flexibility index (Phi) is 9.62. The molecule has 50 heavy (non-hydrogen) atoms. The zero-order valence-electron chi connectivity index (χ0n) is 28.0. The van der Waals surface area contributed by atoms with Crippen LogP contribution in [0.5, 0.6) is 0 Å². The van der Waals surface area contributed by atoms with Gasteiger partial charge in [-0.3, -0.25) is 9.59 Å². The van der Waals surface area contributed by atoms with Crippen LogP contribution in [0.2, 0.25) is 0 Å². The van der Waals surface area contributed by atoms with E-state index in [1.807, 2.05) is 0 Å². The quantitative estimate of drug-likeness (QED) is 0.213. The third kappa shape index (κ3) is 6.91. The zero-order chi connectivity index (χ0) is 35.7. The summed E-state index contributed by atoms with van der Waals surface area (Å²) >= 11 is 0. The number of hydrogen-bond donors (Lipinski definition) is 3. The molecule has 3 atom stereocenters. The number of H-pyrrole nitrogens is 2. The number of aromatic nitrogens is 6. The number of nitrogens with one attached hydrogen (secondary N) is 3. The molecule has 5 heterocycles. The first-order valence-corrected chi connectivity index (χ1v) is 16.5. The number of alkyl halides is 3. The minimum atomic E-state index is -4.68. The number of alkyl carbamates (subject to hydrolysis) is 1. The highest BCUT2D eigenvalue weighted by atomic mass is 19.4. The third-order valence-corrected chi connectivity index (χ3v) is 9.07. The Balaban J connectivity index is 1.17. The van der Waals surface area contributed by atoms with E-state index >= 15 is 0 Å². The lowest BCUT2D eigenvalue weighted by atomic mass is 10.1. The summed E-state index contributed by atoms with van der Waals surface area (Å²) in [5, 5.41) is 2.51. The maximum absolute atomic E-state index is 14.2. The minimum Gasteiger partial charge on any atom is -0.453 e. The molecule has 0 saturated carbocycles. The number of nitrogens with zero attached hydrogens (tertiary/aromatic N) is 6. The molecule has 2 fully saturated rings. The van der Waals surface area contributed by atoms with E-state index in [9.17, 15) is 27.6 Å². The van der Waals surface area contributed by atoms with Crippen LogP contribution in [-0.2, 0) is 20.5 Å². The molecular formula is C34H38F3N9O4. The molecule has 0 bridgehead atoms. The predicted octanol–water partition coefficient (Wildman–Crippen LogP) is 5.67. The van der Waals surface area contributed by atoms with Crippen molar-refractivity contribution in [1.82, 2.24) is 45.0 Å². The smallest absolute Gasteiger partial charge is 0.433 e. The molecule has 0 spiro atoms. The Morgan fingerprint density at radius 3 is 2.04 bits per heavy atom. The SMILES string of the molecule is COC(=O)N[C@@H](C)C(=O)N1CCC[C@H]1c1ncc(-c2cnc(-c3ccc(-c4nc([C@@H]5CCCN5C(=O)C(C)C)[nH]c4C(F)(F)F)cc3)nc2)[nH]1. The maximum atomic E-state index is 14.2. The first-order valence-electron chi connectivity index (χ1n) is 16.5. The topological polar surface area (TPSA) is 162 Å². The second kappa shape index (κ2) is 13.9. The summed E-state index contributed by atoms with van der Waals surface area (Å²) in [6, 6.07) is 4.77. The van der Waals surface area contributed by atoms with Crippen molar-refractivity contribution in [2.24, 2.45) is 5.92 Å². The van der Waals surface area contributed by atoms with Crippen molar-refractivity contribution in [1.29, 1.82) is 0 Å². The van der Waals surface area contributed by atoms with Crippen molar-refractivity contribution in [3.63, 3.8) is 0 Å². The highest BCUT2D eigenvalue weighted by molar-refractivity contribution is 5.85. The number of hydrogen-bond acceptors (Lipinski definition) is 8. The van der Waals surface area contributed by atoms with E-state index in [2.05, 4.69) is 40.0 Å². The van der Waals surface area contributed by atoms with E-state index in [1.165, 1.54) is 7.11 Å². The molecule has 4 aromatic rings. The molecule has 2 aliphatic rings. The molecule has 3 aromatic heterocycles. The number of likely N-dealkylation sites (tertiary alicyclic amines) is 2. The van der Waals surface area contributed by atoms with Gasteiger partial charge >= 0.3 is 12.3 Å². The largest absolute Gasteiger partial charge is 0.453 e. The molecular weight excluding hydrogens is 655 g/mol. The lowest BCUT2D eigenvalue weighted by Gasteiger charge is -2.26. The average molecular weight is 694 g/mol. The number of carbonyl (C=O) groups is 3. The van der Waals surface area contributed by atoms with Gasteiger partial charge in [0.1, 0.15) is 29.1 Å². The molecule has 6 rings (SSSR count). The molecule has 2 saturated heterocycles. The number of halogens is 3. The van der Waals surface area contributed by atoms with Gasteiger partial charge in [-0.15, -0.1) is 0 Å². The summed E-state index contributed by atoms with van der Waals surface area (Å²) in [5.41, 5.74) is 0.962. The average Bonchev–Trinajstić information content (AvgIpc) is 3.93. The molecule has 0 radical (unpaired) electrons. The molecule has 3 amide bonds. The normalized spacial score (nSPS) is 18.5. The summed E-state index contributed by atoms with van der Waals surface area (Å²) < 4.78 is 47.1. The summed E-state index contributed by atoms with van der Waals surface area (Å²) in [5.74, 6) is 0.462. The number of carbonyl (C=O) groups excluding carboxylic acids is 3. The second-order valence-corrected chi connectivity index (χ2v) is 12.8. The third-order valence-electron chi connectivity index (χ3n) is 9.07. The molecule has 13 nitrogen and oxygen atoms in total. The molecule has 1 aromatic carbocycles. The monoisotopic (exact) mass is 693 g/mol. The van der Waals surface area contributed by atoms with E-state index in [0.717, 1.165) is 6.42 Å². The fourth-order valence-electron chi connectivity index (χ4n) is 6.52. The molecule has 264 valence electrons. The van der Waals surface area contributed by atoms with Crippen LogP contribution in [0.15, 0.2) is 42.9 Å². The maximum Gasteiger partial charge on any atom is 0.433 e. The molecule has 0 aliphatic carbocycles. The highest BCUT2D eigenvalue weighted by Gasteiger charge is 2.40. The number of methoxy groups -OCH3 is 1. The highest BCUT2D eigenvalue weighted by Crippen LogP contribution is 2.40. The van der Waals surface area contributed by atoms with Crippen LogP contribution in [0, 0.1) is 5.92 Å². The Bertz CT molecular complexity index is 1850. The predicted molar refractivity (Wildman–Crippen MR) is 175 cm³/mol. The van der Waals surface area contributed by atoms with Crippen LogP contribution >= 0.6 is 0 Å². The Labute approximate surface area is 286 Å². The van der Waals surface area contributed by atoms with E-state index < -0.39 is 30.0 Å². The van der Waals surface area contributed by atoms with Gasteiger partial charge in [0.2, 0.25) is 11.8 Å². The van der Waals surface area contributed by atoms with E-state index in [-0.39, 0.29) is 40.9 Å². The Morgan fingerprint density at radius 1 is 0.840 bits per heavy atom. The van der Waals surface area contributed by atoms with Crippen molar-refractivity contribution < 1.29 is 32.3 Å². The standard InChI is InChI=1S/C34H38F3N9O4/c1-18(2)31(47)45-13-6-8-25(45)30-43-26(27(44-30)34(35,36)37)20-9-11-21(12-10-20)28-38-15-22(16-39-28)23-17-40-29(42-23)24-7-5-14-46(24)32(48)19(3)41-33(49)50-4/h9-12,15-19,24-25H,5-8,13-14H2,1-4H3,(H,40,42)(H,41,49)(H,43,44)/t19-,24-,25-/m0/s1. The van der Waals surface area contributed by atoms with Gasteiger partial charge in [-0.2, -0.15) is 13.2 Å². The van der Waals surface area contributed by atoms with Gasteiger partial charge in [-0.1, -0.05) is 38.1 Å². The summed E-state index contributed by atoms with van der Waals surface area (Å²) in [4.78, 5) is 64.2. The van der Waals surface area contributed by atoms with Crippen LogP contribution in [0.4, 0.5) is 18.0 Å². The molecule has 16 heteroatoms. The fourth-order valence-corrected chi connectivity index (χ4v) is 6.52. The number of rotatable bonds is 8. The molecule has 0 unspecified atom stereocenters. The van der Waals surface area contributed by atoms with E-state index in [4.69, 9.17) is 0 Å². The van der Waals surface area contributed by atoms with Gasteiger partial charge in [-0.05, 0) is 32.6 Å². The van der Waals surface area contributed by atoms with Crippen molar-refractivity contribution in [3.8, 4) is 33.9 Å². The Morgan fingerprint density at radius 2 is 1.44 bits per heavy atom. The first-order chi connectivity index (χ1) is 23.8. The van der Waals surface area contributed by atoms with Crippen molar-refractivity contribution >= 4 is 17.9 Å². The zero-order valence-corrected chi connectivity index (χ0v) is 28.0. The van der Waals surface area contributed by atoms with Gasteiger partial charge < -0.3 is 29.8 Å². The lowest BCUT2D eigenvalue weighted by molar-refractivity contribution is -0.140. The number of benzene rings is 1. The number of aromatic amines is 2. The van der Waals surface area contributed by atoms with Gasteiger partial charge in [0.25, 0.3) is 0 Å². The summed E-state index contributed by atoms with van der Waals surface area (Å²) in [6.45, 7) is 6.14. The van der Waals surface area contributed by atoms with Crippen LogP contribution in [0.1, 0.15) is 75.9 Å². The number of ether oxygens (including phenoxy) is 1. The van der Waals surface area contributed by atoms with Crippen LogP contribution < -0.4 is 5.32 Å². The second-order valence-electron chi connectivity index (χ2n) is 12.8. The van der Waals surface area contributed by atoms with Crippen molar-refractivity contribution in [3.05, 3.63) is 60.2 Å². The van der Waals surface area contributed by atoms with Gasteiger partial charge in [0.05, 0.1) is 31.1 Å². The van der Waals surface area contributed by atoms with E-state index in [0.29, 0.717) is 60.8 Å². The Hall–Kier alpha value is -5.28. The van der Waals surface area contributed by atoms with Crippen LogP contribution in [0.25, 0.3) is 33.9 Å². The van der Waals surface area contributed by atoms with E-state index in [1.54, 1.807) is 73.4 Å². The number of amides is 3.